The number of amides is 1. The molecule has 0 unspecified atom stereocenters. The van der Waals surface area contributed by atoms with E-state index in [1.165, 1.54) is 16.6 Å². The summed E-state index contributed by atoms with van der Waals surface area (Å²) in [6.07, 6.45) is -3.44. The summed E-state index contributed by atoms with van der Waals surface area (Å²) >= 11 is 12.7. The minimum Gasteiger partial charge on any atom is -0.387 e. The summed E-state index contributed by atoms with van der Waals surface area (Å²) in [5.74, 6) is -0.397. The minimum atomic E-state index is -4.57. The number of nitrogens with zero attached hydrogens (tertiary/aromatic N) is 3. The van der Waals surface area contributed by atoms with Crippen molar-refractivity contribution < 1.29 is 23.1 Å². The second kappa shape index (κ2) is 7.04. The van der Waals surface area contributed by atoms with Crippen molar-refractivity contribution >= 4 is 34.7 Å². The first-order chi connectivity index (χ1) is 13.6. The van der Waals surface area contributed by atoms with E-state index in [4.69, 9.17) is 23.2 Å². The number of aromatic nitrogens is 2. The molecule has 0 atom stereocenters. The number of fused-ring (bicyclic) bond motifs is 2. The van der Waals surface area contributed by atoms with Crippen molar-refractivity contribution in [3.63, 3.8) is 0 Å². The molecule has 2 aromatic rings. The Morgan fingerprint density at radius 2 is 2.03 bits per heavy atom. The van der Waals surface area contributed by atoms with Crippen molar-refractivity contribution in [2.75, 3.05) is 19.7 Å². The fraction of sp³-hybridized carbons (Fsp3) is 0.368. The van der Waals surface area contributed by atoms with Gasteiger partial charge in [0, 0.05) is 25.7 Å². The number of aryl methyl sites for hydroxylation is 1. The highest BCUT2D eigenvalue weighted by Crippen LogP contribution is 2.48. The van der Waals surface area contributed by atoms with E-state index in [2.05, 4.69) is 5.10 Å². The standard InChI is InChI=1S/C19H16Cl2F3N3O2/c1-26-14(6-15(25-26)19(22,23)24)10-5-13(20)18(21)11-4-9-2-3-27(16(29)8-28)7-12(9)17(10)11/h5-6,28H,2-4,7-8H2,1H3. The average Bonchev–Trinajstić information content (AvgIpc) is 3.24. The van der Waals surface area contributed by atoms with Crippen LogP contribution in [0.4, 0.5) is 13.2 Å². The van der Waals surface area contributed by atoms with E-state index in [1.54, 1.807) is 6.07 Å². The number of hydrogen-bond donors (Lipinski definition) is 1. The van der Waals surface area contributed by atoms with Crippen LogP contribution in [0.15, 0.2) is 17.7 Å². The molecule has 1 aromatic carbocycles. The molecule has 5 nitrogen and oxygen atoms in total. The number of rotatable bonds is 2. The molecule has 0 spiro atoms. The Bertz CT molecular complexity index is 1060. The van der Waals surface area contributed by atoms with E-state index in [0.29, 0.717) is 35.5 Å². The Hall–Kier alpha value is -2.03. The third kappa shape index (κ3) is 3.33. The maximum Gasteiger partial charge on any atom is 0.435 e. The molecule has 4 rings (SSSR count). The predicted octanol–water partition coefficient (Wildman–Crippen LogP) is 3.95. The van der Waals surface area contributed by atoms with Gasteiger partial charge in [0.05, 0.1) is 15.7 Å². The van der Waals surface area contributed by atoms with Crippen molar-refractivity contribution in [3.8, 4) is 11.3 Å². The van der Waals surface area contributed by atoms with Crippen LogP contribution in [0.2, 0.25) is 10.0 Å². The third-order valence-electron chi connectivity index (χ3n) is 5.40. The molecule has 1 N–H and O–H groups in total. The highest BCUT2D eigenvalue weighted by molar-refractivity contribution is 6.43. The van der Waals surface area contributed by atoms with Gasteiger partial charge in [0.25, 0.3) is 0 Å². The molecule has 2 aliphatic rings. The minimum absolute atomic E-state index is 0.248. The quantitative estimate of drug-likeness (QED) is 0.761. The molecule has 0 saturated heterocycles. The molecular weight excluding hydrogens is 430 g/mol. The van der Waals surface area contributed by atoms with Crippen molar-refractivity contribution in [2.45, 2.75) is 19.0 Å². The Balaban J connectivity index is 1.88. The number of carbonyl (C=O) groups is 1. The molecular formula is C19H16Cl2F3N3O2. The molecule has 154 valence electrons. The number of alkyl halides is 3. The van der Waals surface area contributed by atoms with Gasteiger partial charge in [0.1, 0.15) is 6.61 Å². The molecule has 0 saturated carbocycles. The summed E-state index contributed by atoms with van der Waals surface area (Å²) in [5, 5.41) is 13.4. The number of aliphatic hydroxyl groups excluding tert-OH is 1. The van der Waals surface area contributed by atoms with Gasteiger partial charge in [-0.3, -0.25) is 9.48 Å². The summed E-state index contributed by atoms with van der Waals surface area (Å²) in [7, 11) is 1.44. The van der Waals surface area contributed by atoms with E-state index in [-0.39, 0.29) is 17.3 Å². The van der Waals surface area contributed by atoms with E-state index >= 15 is 0 Å². The van der Waals surface area contributed by atoms with Gasteiger partial charge < -0.3 is 10.0 Å². The summed E-state index contributed by atoms with van der Waals surface area (Å²) in [5.41, 5.74) is 3.10. The molecule has 1 aliphatic heterocycles. The highest BCUT2D eigenvalue weighted by atomic mass is 35.5. The second-order valence-corrected chi connectivity index (χ2v) is 7.88. The van der Waals surface area contributed by atoms with Crippen LogP contribution in [-0.4, -0.2) is 45.4 Å². The first-order valence-corrected chi connectivity index (χ1v) is 9.59. The molecule has 1 aromatic heterocycles. The Labute approximate surface area is 174 Å². The second-order valence-electron chi connectivity index (χ2n) is 7.09. The fourth-order valence-corrected chi connectivity index (χ4v) is 4.47. The smallest absolute Gasteiger partial charge is 0.387 e. The third-order valence-corrected chi connectivity index (χ3v) is 6.23. The van der Waals surface area contributed by atoms with Gasteiger partial charge in [-0.05, 0) is 41.7 Å². The Morgan fingerprint density at radius 1 is 1.31 bits per heavy atom. The summed E-state index contributed by atoms with van der Waals surface area (Å²) in [6.45, 7) is 0.133. The largest absolute Gasteiger partial charge is 0.435 e. The molecule has 29 heavy (non-hydrogen) atoms. The number of aliphatic hydroxyl groups is 1. The lowest BCUT2D eigenvalue weighted by Gasteiger charge is -2.28. The normalized spacial score (nSPS) is 16.3. The number of halogens is 5. The summed E-state index contributed by atoms with van der Waals surface area (Å²) in [6, 6.07) is 2.53. The zero-order chi connectivity index (χ0) is 21.1. The van der Waals surface area contributed by atoms with Crippen LogP contribution in [0.3, 0.4) is 0 Å². The maximum atomic E-state index is 13.2. The van der Waals surface area contributed by atoms with Gasteiger partial charge in [0.15, 0.2) is 5.69 Å². The van der Waals surface area contributed by atoms with Crippen LogP contribution in [0.5, 0.6) is 0 Å². The van der Waals surface area contributed by atoms with Crippen molar-refractivity contribution in [2.24, 2.45) is 7.05 Å². The van der Waals surface area contributed by atoms with Crippen LogP contribution in [0, 0.1) is 0 Å². The van der Waals surface area contributed by atoms with Crippen LogP contribution >= 0.6 is 23.2 Å². The molecule has 2 heterocycles. The van der Waals surface area contributed by atoms with E-state index in [1.807, 2.05) is 0 Å². The lowest BCUT2D eigenvalue weighted by atomic mass is 9.94. The molecule has 0 radical (unpaired) electrons. The maximum absolute atomic E-state index is 13.2. The molecule has 1 amide bonds. The molecule has 0 fully saturated rings. The molecule has 1 aliphatic carbocycles. The lowest BCUT2D eigenvalue weighted by molar-refractivity contribution is -0.141. The zero-order valence-corrected chi connectivity index (χ0v) is 16.8. The highest BCUT2D eigenvalue weighted by Gasteiger charge is 2.37. The first kappa shape index (κ1) is 20.3. The first-order valence-electron chi connectivity index (χ1n) is 8.84. The zero-order valence-electron chi connectivity index (χ0n) is 15.3. The van der Waals surface area contributed by atoms with Gasteiger partial charge in [-0.25, -0.2) is 0 Å². The predicted molar refractivity (Wildman–Crippen MR) is 103 cm³/mol. The Morgan fingerprint density at radius 3 is 2.66 bits per heavy atom. The van der Waals surface area contributed by atoms with Gasteiger partial charge in [-0.15, -0.1) is 0 Å². The van der Waals surface area contributed by atoms with Crippen molar-refractivity contribution in [1.29, 1.82) is 0 Å². The van der Waals surface area contributed by atoms with Gasteiger partial charge in [-0.1, -0.05) is 28.8 Å². The molecule has 10 heteroatoms. The number of hydrogen-bond acceptors (Lipinski definition) is 3. The fourth-order valence-electron chi connectivity index (χ4n) is 4.03. The van der Waals surface area contributed by atoms with Gasteiger partial charge in [-0.2, -0.15) is 18.3 Å². The average molecular weight is 446 g/mol. The van der Waals surface area contributed by atoms with Gasteiger partial charge in [0.2, 0.25) is 5.91 Å². The van der Waals surface area contributed by atoms with E-state index < -0.39 is 24.4 Å². The van der Waals surface area contributed by atoms with Crippen molar-refractivity contribution in [3.05, 3.63) is 44.6 Å². The van der Waals surface area contributed by atoms with Crippen LogP contribution in [0.25, 0.3) is 16.8 Å². The summed E-state index contributed by atoms with van der Waals surface area (Å²) < 4.78 is 40.7. The summed E-state index contributed by atoms with van der Waals surface area (Å²) in [4.78, 5) is 13.5. The van der Waals surface area contributed by atoms with Crippen LogP contribution in [-0.2, 0) is 24.4 Å². The monoisotopic (exact) mass is 445 g/mol. The van der Waals surface area contributed by atoms with Gasteiger partial charge >= 0.3 is 6.18 Å². The van der Waals surface area contributed by atoms with E-state index in [0.717, 1.165) is 22.8 Å². The molecule has 0 bridgehead atoms. The topological polar surface area (TPSA) is 58.4 Å². The van der Waals surface area contributed by atoms with Crippen molar-refractivity contribution in [1.82, 2.24) is 14.7 Å². The van der Waals surface area contributed by atoms with Crippen LogP contribution < -0.4 is 0 Å². The Kier molecular flexibility index (Phi) is 4.91. The SMILES string of the molecule is Cn1nc(C(F)(F)F)cc1-c1cc(Cl)c(Cl)c2c1C1=C(CCN(C(=O)CO)C1)C2. The lowest BCUT2D eigenvalue weighted by Crippen LogP contribution is -2.37. The number of benzene rings is 1. The van der Waals surface area contributed by atoms with E-state index in [9.17, 15) is 23.1 Å². The van der Waals surface area contributed by atoms with Crippen LogP contribution in [0.1, 0.15) is 23.2 Å². The number of carbonyl (C=O) groups excluding carboxylic acids is 1.